The van der Waals surface area contributed by atoms with Crippen LogP contribution in [0.15, 0.2) is 54.7 Å². The van der Waals surface area contributed by atoms with Crippen LogP contribution in [0.1, 0.15) is 42.4 Å². The Labute approximate surface area is 205 Å². The Morgan fingerprint density at radius 2 is 1.92 bits per heavy atom. The monoisotopic (exact) mass is 497 g/mol. The number of nitrogens with one attached hydrogen (secondary N) is 1. The number of hydrogen-bond donors (Lipinski definition) is 1. The van der Waals surface area contributed by atoms with Crippen molar-refractivity contribution in [1.82, 2.24) is 24.6 Å². The number of alkyl halides is 3. The second-order valence-electron chi connectivity index (χ2n) is 8.94. The molecule has 1 amide bonds. The summed E-state index contributed by atoms with van der Waals surface area (Å²) in [6.07, 6.45) is -0.271. The third-order valence-corrected chi connectivity index (χ3v) is 6.68. The van der Waals surface area contributed by atoms with Gasteiger partial charge in [0.1, 0.15) is 19.0 Å². The lowest BCUT2D eigenvalue weighted by Crippen LogP contribution is -2.40. The molecule has 1 fully saturated rings. The van der Waals surface area contributed by atoms with E-state index in [1.807, 2.05) is 35.9 Å². The molecule has 1 aliphatic rings. The van der Waals surface area contributed by atoms with E-state index in [1.54, 1.807) is 11.1 Å². The molecule has 5 rings (SSSR count). The molecule has 0 spiro atoms. The van der Waals surface area contributed by atoms with E-state index < -0.39 is 11.7 Å². The van der Waals surface area contributed by atoms with Gasteiger partial charge >= 0.3 is 6.18 Å². The van der Waals surface area contributed by atoms with Crippen LogP contribution in [0.25, 0.3) is 22.2 Å². The Balaban J connectivity index is 1.29. The number of amides is 1. The molecule has 7 nitrogen and oxygen atoms in total. The average Bonchev–Trinajstić information content (AvgIpc) is 3.49. The molecule has 0 unspecified atom stereocenters. The molecule has 3 heterocycles. The van der Waals surface area contributed by atoms with E-state index in [0.29, 0.717) is 17.7 Å². The molecule has 1 N–H and O–H groups in total. The van der Waals surface area contributed by atoms with Crippen molar-refractivity contribution >= 4 is 16.9 Å². The number of aryl methyl sites for hydroxylation is 1. The second kappa shape index (κ2) is 9.77. The summed E-state index contributed by atoms with van der Waals surface area (Å²) in [7, 11) is 1.91. The number of aromatic nitrogens is 4. The van der Waals surface area contributed by atoms with Gasteiger partial charge in [0, 0.05) is 19.2 Å². The van der Waals surface area contributed by atoms with Crippen LogP contribution in [0.4, 0.5) is 13.2 Å². The maximum absolute atomic E-state index is 13.2. The number of likely N-dealkylation sites (tertiary alicyclic amines) is 1. The highest BCUT2D eigenvalue weighted by Gasteiger charge is 2.32. The van der Waals surface area contributed by atoms with E-state index in [0.717, 1.165) is 53.9 Å². The number of rotatable bonds is 6. The van der Waals surface area contributed by atoms with Crippen molar-refractivity contribution < 1.29 is 22.7 Å². The van der Waals surface area contributed by atoms with Crippen LogP contribution >= 0.6 is 0 Å². The molecular weight excluding hydrogens is 471 g/mol. The molecule has 0 aliphatic carbocycles. The first-order valence-electron chi connectivity index (χ1n) is 11.8. The maximum atomic E-state index is 13.2. The van der Waals surface area contributed by atoms with Crippen LogP contribution in [0.5, 0.6) is 0 Å². The van der Waals surface area contributed by atoms with Crippen LogP contribution < -0.4 is 0 Å². The van der Waals surface area contributed by atoms with E-state index in [9.17, 15) is 18.0 Å². The minimum absolute atomic E-state index is 0.0938. The molecule has 188 valence electrons. The van der Waals surface area contributed by atoms with Crippen molar-refractivity contribution in [3.63, 3.8) is 0 Å². The Bertz CT molecular complexity index is 1360. The Morgan fingerprint density at radius 1 is 1.14 bits per heavy atom. The van der Waals surface area contributed by atoms with Crippen LogP contribution in [0, 0.1) is 0 Å². The minimum atomic E-state index is -4.40. The average molecular weight is 498 g/mol. The standard InChI is InChI=1S/C26H26F3N5O2/c1-33-21-7-3-2-6-20(21)31-23(33)15-36-16-24(35)34-13-5-4-8-22(34)25-19(14-30-32-25)17-9-11-18(12-10-17)26(27,28)29/h2-3,6-7,9-12,14,22H,4-5,8,13,15-16H2,1H3,(H,30,32)/t22-/m1/s1. The van der Waals surface area contributed by atoms with Gasteiger partial charge in [-0.05, 0) is 49.1 Å². The second-order valence-corrected chi connectivity index (χ2v) is 8.94. The highest BCUT2D eigenvalue weighted by molar-refractivity contribution is 5.79. The predicted molar refractivity (Wildman–Crippen MR) is 128 cm³/mol. The van der Waals surface area contributed by atoms with Crippen molar-refractivity contribution in [3.05, 3.63) is 71.8 Å². The topological polar surface area (TPSA) is 76.0 Å². The normalized spacial score (nSPS) is 16.6. The first kappa shape index (κ1) is 24.1. The van der Waals surface area contributed by atoms with Gasteiger partial charge in [0.05, 0.1) is 34.5 Å². The number of aromatic amines is 1. The fraction of sp³-hybridized carbons (Fsp3) is 0.346. The number of H-pyrrole nitrogens is 1. The molecule has 0 radical (unpaired) electrons. The van der Waals surface area contributed by atoms with E-state index in [1.165, 1.54) is 12.1 Å². The number of nitrogens with zero attached hydrogens (tertiary/aromatic N) is 4. The number of piperidine rings is 1. The fourth-order valence-electron chi connectivity index (χ4n) is 4.79. The number of ether oxygens (including phenoxy) is 1. The molecular formula is C26H26F3N5O2. The number of imidazole rings is 1. The predicted octanol–water partition coefficient (Wildman–Crippen LogP) is 5.25. The molecule has 36 heavy (non-hydrogen) atoms. The van der Waals surface area contributed by atoms with Crippen molar-refractivity contribution in [1.29, 1.82) is 0 Å². The van der Waals surface area contributed by atoms with Gasteiger partial charge in [0.25, 0.3) is 0 Å². The minimum Gasteiger partial charge on any atom is -0.364 e. The fourth-order valence-corrected chi connectivity index (χ4v) is 4.79. The van der Waals surface area contributed by atoms with Gasteiger partial charge in [-0.1, -0.05) is 24.3 Å². The van der Waals surface area contributed by atoms with E-state index in [2.05, 4.69) is 15.2 Å². The lowest BCUT2D eigenvalue weighted by Gasteiger charge is -2.35. The molecule has 10 heteroatoms. The molecule has 0 saturated carbocycles. The largest absolute Gasteiger partial charge is 0.416 e. The van der Waals surface area contributed by atoms with Gasteiger partial charge in [0.2, 0.25) is 5.91 Å². The maximum Gasteiger partial charge on any atom is 0.416 e. The Hall–Kier alpha value is -3.66. The Kier molecular flexibility index (Phi) is 6.53. The van der Waals surface area contributed by atoms with Gasteiger partial charge in [-0.3, -0.25) is 9.89 Å². The van der Waals surface area contributed by atoms with E-state index in [4.69, 9.17) is 4.74 Å². The first-order valence-corrected chi connectivity index (χ1v) is 11.8. The van der Waals surface area contributed by atoms with Crippen molar-refractivity contribution in [2.24, 2.45) is 7.05 Å². The third-order valence-electron chi connectivity index (χ3n) is 6.68. The number of halogens is 3. The van der Waals surface area contributed by atoms with Gasteiger partial charge in [0.15, 0.2) is 0 Å². The summed E-state index contributed by atoms with van der Waals surface area (Å²) in [5, 5.41) is 7.13. The Morgan fingerprint density at radius 3 is 2.67 bits per heavy atom. The van der Waals surface area contributed by atoms with Crippen molar-refractivity contribution in [2.45, 2.75) is 38.1 Å². The number of fused-ring (bicyclic) bond motifs is 1. The highest BCUT2D eigenvalue weighted by Crippen LogP contribution is 2.37. The lowest BCUT2D eigenvalue weighted by atomic mass is 9.94. The summed E-state index contributed by atoms with van der Waals surface area (Å²) in [5.74, 6) is 0.587. The molecule has 1 aliphatic heterocycles. The molecule has 2 aromatic carbocycles. The smallest absolute Gasteiger partial charge is 0.364 e. The molecule has 1 atom stereocenters. The van der Waals surface area contributed by atoms with E-state index in [-0.39, 0.29) is 25.2 Å². The van der Waals surface area contributed by atoms with Crippen LogP contribution in [0.2, 0.25) is 0 Å². The summed E-state index contributed by atoms with van der Waals surface area (Å²) in [6, 6.07) is 12.5. The van der Waals surface area contributed by atoms with Gasteiger partial charge in [-0.15, -0.1) is 0 Å². The first-order chi connectivity index (χ1) is 17.3. The zero-order chi connectivity index (χ0) is 25.3. The third kappa shape index (κ3) is 4.73. The summed E-state index contributed by atoms with van der Waals surface area (Å²) >= 11 is 0. The van der Waals surface area contributed by atoms with Gasteiger partial charge in [-0.25, -0.2) is 4.98 Å². The lowest BCUT2D eigenvalue weighted by molar-refractivity contribution is -0.140. The molecule has 4 aromatic rings. The van der Waals surface area contributed by atoms with E-state index >= 15 is 0 Å². The van der Waals surface area contributed by atoms with Gasteiger partial charge < -0.3 is 14.2 Å². The summed E-state index contributed by atoms with van der Waals surface area (Å²) < 4.78 is 46.6. The van der Waals surface area contributed by atoms with Crippen molar-refractivity contribution in [2.75, 3.05) is 13.2 Å². The summed E-state index contributed by atoms with van der Waals surface area (Å²) in [4.78, 5) is 19.5. The quantitative estimate of drug-likeness (QED) is 0.395. The molecule has 2 aromatic heterocycles. The van der Waals surface area contributed by atoms with Crippen molar-refractivity contribution in [3.8, 4) is 11.1 Å². The molecule has 0 bridgehead atoms. The summed E-state index contributed by atoms with van der Waals surface area (Å²) in [5.41, 5.74) is 3.18. The number of carbonyl (C=O) groups is 1. The zero-order valence-corrected chi connectivity index (χ0v) is 19.8. The van der Waals surface area contributed by atoms with Crippen LogP contribution in [0.3, 0.4) is 0 Å². The van der Waals surface area contributed by atoms with Gasteiger partial charge in [-0.2, -0.15) is 18.3 Å². The number of hydrogen-bond acceptors (Lipinski definition) is 4. The number of para-hydroxylation sites is 2. The molecule has 1 saturated heterocycles. The van der Waals surface area contributed by atoms with Crippen LogP contribution in [-0.2, 0) is 29.4 Å². The SMILES string of the molecule is Cn1c(COCC(=O)N2CCCC[C@@H]2c2[nH]ncc2-c2ccc(C(F)(F)F)cc2)nc2ccccc21. The summed E-state index contributed by atoms with van der Waals surface area (Å²) in [6.45, 7) is 0.685. The zero-order valence-electron chi connectivity index (χ0n) is 19.8. The van der Waals surface area contributed by atoms with Crippen LogP contribution in [-0.4, -0.2) is 43.7 Å². The number of benzene rings is 2. The number of carbonyl (C=O) groups excluding carboxylic acids is 1. The highest BCUT2D eigenvalue weighted by atomic mass is 19.4.